The van der Waals surface area contributed by atoms with Crippen LogP contribution in [0.3, 0.4) is 0 Å². The number of hydrogen-bond acceptors (Lipinski definition) is 5. The summed E-state index contributed by atoms with van der Waals surface area (Å²) in [5, 5.41) is 8.07. The molecule has 2 N–H and O–H groups in total. The zero-order valence-electron chi connectivity index (χ0n) is 19.5. The van der Waals surface area contributed by atoms with E-state index >= 15 is 0 Å². The smallest absolute Gasteiger partial charge is 0.191 e. The Balaban J connectivity index is 0.00000289. The quantitative estimate of drug-likeness (QED) is 0.320. The second-order valence-electron chi connectivity index (χ2n) is 9.39. The van der Waals surface area contributed by atoms with E-state index < -0.39 is 0 Å². The number of guanidine groups is 1. The molecule has 3 saturated heterocycles. The maximum Gasteiger partial charge on any atom is 0.191 e. The van der Waals surface area contributed by atoms with Crippen LogP contribution in [-0.2, 0) is 0 Å². The van der Waals surface area contributed by atoms with Crippen LogP contribution in [0.2, 0.25) is 5.02 Å². The number of anilines is 1. The van der Waals surface area contributed by atoms with Crippen molar-refractivity contribution in [3.63, 3.8) is 0 Å². The van der Waals surface area contributed by atoms with Crippen molar-refractivity contribution in [2.45, 2.75) is 50.1 Å². The molecule has 0 spiro atoms. The summed E-state index contributed by atoms with van der Waals surface area (Å²) in [6, 6.07) is 4.13. The van der Waals surface area contributed by atoms with Gasteiger partial charge in [-0.1, -0.05) is 18.0 Å². The summed E-state index contributed by atoms with van der Waals surface area (Å²) in [5.74, 6) is 1.79. The van der Waals surface area contributed by atoms with E-state index in [9.17, 15) is 0 Å². The number of aromatic nitrogens is 1. The van der Waals surface area contributed by atoms with Crippen molar-refractivity contribution in [1.29, 1.82) is 0 Å². The van der Waals surface area contributed by atoms with Gasteiger partial charge >= 0.3 is 0 Å². The molecule has 1 aromatic heterocycles. The Morgan fingerprint density at radius 3 is 2.62 bits per heavy atom. The topological polar surface area (TPSA) is 59.0 Å². The fourth-order valence-electron chi connectivity index (χ4n) is 5.32. The Kier molecular flexibility index (Phi) is 9.70. The second-order valence-corrected chi connectivity index (χ2v) is 9.79. The van der Waals surface area contributed by atoms with Crippen LogP contribution in [0.1, 0.15) is 38.5 Å². The third-order valence-electron chi connectivity index (χ3n) is 7.32. The van der Waals surface area contributed by atoms with Crippen LogP contribution in [0.5, 0.6) is 0 Å². The summed E-state index contributed by atoms with van der Waals surface area (Å²) >= 11 is 6.35. The van der Waals surface area contributed by atoms with Gasteiger partial charge in [-0.05, 0) is 77.5 Å². The van der Waals surface area contributed by atoms with Gasteiger partial charge in [-0.3, -0.25) is 9.89 Å². The van der Waals surface area contributed by atoms with Crippen LogP contribution in [0.15, 0.2) is 23.3 Å². The molecule has 3 fully saturated rings. The fourth-order valence-corrected chi connectivity index (χ4v) is 5.57. The first-order valence-electron chi connectivity index (χ1n) is 11.9. The highest BCUT2D eigenvalue weighted by atomic mass is 127. The van der Waals surface area contributed by atoms with E-state index in [0.717, 1.165) is 42.9 Å². The van der Waals surface area contributed by atoms with Gasteiger partial charge in [0.05, 0.1) is 5.02 Å². The standard InChI is InChI=1S/C23H38ClN7.HI/c1-25-22(28-19-8-14-30(17-19)21-20(24)7-6-11-26-21)27-18-23(9-15-29(2)16-10-23)31-12-4-3-5-13-31;/h6-7,11,19H,3-5,8-10,12-18H2,1-2H3,(H2,25,27,28);1H. The monoisotopic (exact) mass is 575 g/mol. The molecule has 0 amide bonds. The fraction of sp³-hybridized carbons (Fsp3) is 0.739. The van der Waals surface area contributed by atoms with Crippen molar-refractivity contribution >= 4 is 47.4 Å². The molecule has 3 aliphatic heterocycles. The summed E-state index contributed by atoms with van der Waals surface area (Å²) < 4.78 is 0. The Hall–Kier alpha value is -0.840. The van der Waals surface area contributed by atoms with Gasteiger partial charge in [0.2, 0.25) is 0 Å². The van der Waals surface area contributed by atoms with Crippen LogP contribution in [-0.4, -0.2) is 92.2 Å². The molecule has 32 heavy (non-hydrogen) atoms. The van der Waals surface area contributed by atoms with Gasteiger partial charge in [0.25, 0.3) is 0 Å². The summed E-state index contributed by atoms with van der Waals surface area (Å²) in [6.45, 7) is 7.62. The molecular formula is C23H39ClIN7. The average Bonchev–Trinajstić information content (AvgIpc) is 3.27. The van der Waals surface area contributed by atoms with E-state index in [2.05, 4.69) is 42.4 Å². The molecule has 180 valence electrons. The average molecular weight is 576 g/mol. The summed E-state index contributed by atoms with van der Waals surface area (Å²) in [5.41, 5.74) is 0.244. The van der Waals surface area contributed by atoms with E-state index in [4.69, 9.17) is 11.6 Å². The predicted molar refractivity (Wildman–Crippen MR) is 145 cm³/mol. The third-order valence-corrected chi connectivity index (χ3v) is 7.62. The minimum atomic E-state index is 0. The van der Waals surface area contributed by atoms with Crippen molar-refractivity contribution in [2.75, 3.05) is 64.8 Å². The van der Waals surface area contributed by atoms with Crippen molar-refractivity contribution in [1.82, 2.24) is 25.4 Å². The SMILES string of the molecule is CN=C(NCC1(N2CCCCC2)CCN(C)CC1)NC1CCN(c2ncccc2Cl)C1.I. The molecule has 4 rings (SSSR count). The first-order valence-corrected chi connectivity index (χ1v) is 12.2. The summed E-state index contributed by atoms with van der Waals surface area (Å²) in [6.07, 6.45) is 9.35. The molecule has 1 aromatic rings. The molecule has 3 aliphatic rings. The van der Waals surface area contributed by atoms with Gasteiger partial charge in [0.15, 0.2) is 5.96 Å². The Bertz CT molecular complexity index is 748. The Morgan fingerprint density at radius 1 is 1.19 bits per heavy atom. The first-order chi connectivity index (χ1) is 15.1. The molecule has 7 nitrogen and oxygen atoms in total. The van der Waals surface area contributed by atoms with E-state index in [-0.39, 0.29) is 29.5 Å². The highest BCUT2D eigenvalue weighted by molar-refractivity contribution is 14.0. The lowest BCUT2D eigenvalue weighted by atomic mass is 9.84. The van der Waals surface area contributed by atoms with Gasteiger partial charge in [-0.25, -0.2) is 4.98 Å². The molecular weight excluding hydrogens is 537 g/mol. The minimum absolute atomic E-state index is 0. The molecule has 9 heteroatoms. The number of aliphatic imine (C=N–C) groups is 1. The van der Waals surface area contributed by atoms with Gasteiger partial charge < -0.3 is 20.4 Å². The maximum absolute atomic E-state index is 6.35. The van der Waals surface area contributed by atoms with Crippen molar-refractivity contribution in [3.05, 3.63) is 23.4 Å². The van der Waals surface area contributed by atoms with Crippen LogP contribution in [0, 0.1) is 0 Å². The molecule has 0 saturated carbocycles. The molecule has 0 bridgehead atoms. The third kappa shape index (κ3) is 6.18. The highest BCUT2D eigenvalue weighted by Gasteiger charge is 2.39. The van der Waals surface area contributed by atoms with E-state index in [1.807, 2.05) is 25.4 Å². The lowest BCUT2D eigenvalue weighted by Crippen LogP contribution is -2.62. The van der Waals surface area contributed by atoms with E-state index in [0.29, 0.717) is 6.04 Å². The lowest BCUT2D eigenvalue weighted by molar-refractivity contribution is 0.0173. The molecule has 1 atom stereocenters. The first kappa shape index (κ1) is 25.8. The van der Waals surface area contributed by atoms with Gasteiger partial charge in [0, 0.05) is 44.5 Å². The van der Waals surface area contributed by atoms with Gasteiger partial charge in [0.1, 0.15) is 5.82 Å². The van der Waals surface area contributed by atoms with E-state index in [1.165, 1.54) is 58.3 Å². The second kappa shape index (κ2) is 12.0. The van der Waals surface area contributed by atoms with Crippen molar-refractivity contribution in [3.8, 4) is 0 Å². The molecule has 0 aliphatic carbocycles. The molecule has 0 aromatic carbocycles. The number of nitrogens with one attached hydrogen (secondary N) is 2. The Labute approximate surface area is 215 Å². The van der Waals surface area contributed by atoms with Crippen LogP contribution in [0.25, 0.3) is 0 Å². The Morgan fingerprint density at radius 2 is 1.94 bits per heavy atom. The number of hydrogen-bond donors (Lipinski definition) is 2. The van der Waals surface area contributed by atoms with Crippen LogP contribution >= 0.6 is 35.6 Å². The zero-order chi connectivity index (χ0) is 21.7. The number of likely N-dealkylation sites (tertiary alicyclic amines) is 2. The number of piperidine rings is 2. The number of nitrogens with zero attached hydrogens (tertiary/aromatic N) is 5. The lowest BCUT2D eigenvalue weighted by Gasteiger charge is -2.50. The zero-order valence-corrected chi connectivity index (χ0v) is 22.6. The van der Waals surface area contributed by atoms with Gasteiger partial charge in [-0.15, -0.1) is 24.0 Å². The number of rotatable bonds is 5. The minimum Gasteiger partial charge on any atom is -0.355 e. The molecule has 1 unspecified atom stereocenters. The largest absolute Gasteiger partial charge is 0.355 e. The molecule has 0 radical (unpaired) electrons. The number of halogens is 2. The molecule has 4 heterocycles. The summed E-state index contributed by atoms with van der Waals surface area (Å²) in [7, 11) is 4.12. The van der Waals surface area contributed by atoms with Crippen molar-refractivity contribution < 1.29 is 0 Å². The highest BCUT2D eigenvalue weighted by Crippen LogP contribution is 2.31. The van der Waals surface area contributed by atoms with Crippen molar-refractivity contribution in [2.24, 2.45) is 4.99 Å². The van der Waals surface area contributed by atoms with Crippen LogP contribution < -0.4 is 15.5 Å². The maximum atomic E-state index is 6.35. The normalized spacial score (nSPS) is 24.8. The summed E-state index contributed by atoms with van der Waals surface area (Å²) in [4.78, 5) is 16.5. The van der Waals surface area contributed by atoms with Crippen LogP contribution in [0.4, 0.5) is 5.82 Å². The van der Waals surface area contributed by atoms with E-state index in [1.54, 1.807) is 0 Å². The number of pyridine rings is 1. The van der Waals surface area contributed by atoms with Gasteiger partial charge in [-0.2, -0.15) is 0 Å². The predicted octanol–water partition coefficient (Wildman–Crippen LogP) is 3.05.